The van der Waals surface area contributed by atoms with Crippen LogP contribution in [0, 0.1) is 12.8 Å². The molecule has 0 saturated heterocycles. The van der Waals surface area contributed by atoms with Crippen LogP contribution in [0.15, 0.2) is 41.5 Å². The van der Waals surface area contributed by atoms with Gasteiger partial charge < -0.3 is 10.1 Å². The van der Waals surface area contributed by atoms with Crippen LogP contribution in [0.3, 0.4) is 0 Å². The molecule has 2 heterocycles. The van der Waals surface area contributed by atoms with Gasteiger partial charge >= 0.3 is 0 Å². The van der Waals surface area contributed by atoms with E-state index in [-0.39, 0.29) is 11.9 Å². The highest BCUT2D eigenvalue weighted by atomic mass is 16.5. The zero-order chi connectivity index (χ0) is 18.7. The van der Waals surface area contributed by atoms with Crippen LogP contribution >= 0.6 is 0 Å². The number of ether oxygens (including phenoxy) is 1. The summed E-state index contributed by atoms with van der Waals surface area (Å²) in [5.74, 6) is 1.34. The van der Waals surface area contributed by atoms with Crippen molar-refractivity contribution in [2.75, 3.05) is 0 Å². The molecule has 136 valence electrons. The number of carbonyl (C=O) groups excluding carboxylic acids is 1. The number of imidazole rings is 1. The van der Waals surface area contributed by atoms with Crippen LogP contribution in [0.25, 0.3) is 5.65 Å². The number of hydrogen-bond acceptors (Lipinski definition) is 5. The van der Waals surface area contributed by atoms with E-state index in [2.05, 4.69) is 27.0 Å². The summed E-state index contributed by atoms with van der Waals surface area (Å²) in [4.78, 5) is 25.0. The number of hydrogen-bond donors (Lipinski definition) is 1. The molecule has 0 radical (unpaired) electrons. The molecule has 1 atom stereocenters. The lowest BCUT2D eigenvalue weighted by Gasteiger charge is -2.12. The van der Waals surface area contributed by atoms with Crippen molar-refractivity contribution >= 4 is 18.3 Å². The highest BCUT2D eigenvalue weighted by Crippen LogP contribution is 2.32. The molecule has 0 spiro atoms. The van der Waals surface area contributed by atoms with Crippen LogP contribution in [0.2, 0.25) is 0 Å². The monoisotopic (exact) mass is 353 g/mol. The van der Waals surface area contributed by atoms with Crippen LogP contribution in [-0.2, 0) is 0 Å². The van der Waals surface area contributed by atoms with E-state index in [0.717, 1.165) is 5.69 Å². The fraction of sp³-hybridized carbons (Fsp3) is 0.368. The molecule has 0 bridgehead atoms. The van der Waals surface area contributed by atoms with Gasteiger partial charge in [0.15, 0.2) is 11.3 Å². The first kappa shape index (κ1) is 17.8. The minimum atomic E-state index is -0.210. The molecule has 7 nitrogen and oxygen atoms in total. The summed E-state index contributed by atoms with van der Waals surface area (Å²) >= 11 is 0. The van der Waals surface area contributed by atoms with Gasteiger partial charge in [-0.3, -0.25) is 14.2 Å². The largest absolute Gasteiger partial charge is 0.439 e. The van der Waals surface area contributed by atoms with Crippen molar-refractivity contribution in [3.8, 4) is 5.88 Å². The van der Waals surface area contributed by atoms with Gasteiger partial charge in [-0.1, -0.05) is 0 Å². The second kappa shape index (κ2) is 7.51. The van der Waals surface area contributed by atoms with Gasteiger partial charge in [0.2, 0.25) is 5.88 Å². The third-order valence-electron chi connectivity index (χ3n) is 4.42. The van der Waals surface area contributed by atoms with Crippen molar-refractivity contribution in [1.29, 1.82) is 0 Å². The van der Waals surface area contributed by atoms with Crippen LogP contribution in [0.1, 0.15) is 42.9 Å². The summed E-state index contributed by atoms with van der Waals surface area (Å²) in [6.07, 6.45) is 8.97. The van der Waals surface area contributed by atoms with E-state index >= 15 is 0 Å². The number of nitrogens with one attached hydrogen (secondary N) is 1. The van der Waals surface area contributed by atoms with Gasteiger partial charge in [0, 0.05) is 24.0 Å². The molecule has 0 aromatic carbocycles. The Morgan fingerprint density at radius 2 is 2.31 bits per heavy atom. The number of carbonyl (C=O) groups is 1. The number of fused-ring (bicyclic) bond motifs is 1. The van der Waals surface area contributed by atoms with E-state index in [1.165, 1.54) is 19.0 Å². The van der Waals surface area contributed by atoms with Gasteiger partial charge in [-0.15, -0.1) is 0 Å². The molecule has 1 aliphatic carbocycles. The average molecular weight is 353 g/mol. The molecule has 1 fully saturated rings. The van der Waals surface area contributed by atoms with Crippen molar-refractivity contribution < 1.29 is 9.53 Å². The molecular formula is C19H23N5O2. The Labute approximate surface area is 152 Å². The quantitative estimate of drug-likeness (QED) is 0.471. The molecule has 26 heavy (non-hydrogen) atoms. The van der Waals surface area contributed by atoms with Gasteiger partial charge in [0.25, 0.3) is 5.91 Å². The SMILES string of the molecule is C=N/C=C\C(=C/C)Oc1cc(C)n2cnc(C(=O)N[C@@H](C)C3CC3)c2n1. The smallest absolute Gasteiger partial charge is 0.274 e. The lowest BCUT2D eigenvalue weighted by molar-refractivity contribution is 0.0933. The Kier molecular flexibility index (Phi) is 5.16. The third kappa shape index (κ3) is 3.82. The van der Waals surface area contributed by atoms with Gasteiger partial charge in [-0.05, 0) is 58.4 Å². The molecule has 1 N–H and O–H groups in total. The Balaban J connectivity index is 1.89. The van der Waals surface area contributed by atoms with Gasteiger partial charge in [0.05, 0.1) is 0 Å². The molecule has 1 aliphatic rings. The van der Waals surface area contributed by atoms with Gasteiger partial charge in [-0.2, -0.15) is 4.98 Å². The maximum absolute atomic E-state index is 12.6. The topological polar surface area (TPSA) is 80.9 Å². The van der Waals surface area contributed by atoms with Crippen LogP contribution in [0.5, 0.6) is 5.88 Å². The fourth-order valence-corrected chi connectivity index (χ4v) is 2.73. The molecule has 1 amide bonds. The Morgan fingerprint density at radius 3 is 2.96 bits per heavy atom. The predicted molar refractivity (Wildman–Crippen MR) is 100 cm³/mol. The first-order chi connectivity index (χ1) is 12.5. The molecule has 2 aromatic rings. The van der Waals surface area contributed by atoms with Gasteiger partial charge in [0.1, 0.15) is 12.1 Å². The van der Waals surface area contributed by atoms with Crippen molar-refractivity contribution in [3.05, 3.63) is 47.9 Å². The van der Waals surface area contributed by atoms with E-state index < -0.39 is 0 Å². The molecule has 2 aromatic heterocycles. The Hall–Kier alpha value is -2.96. The normalized spacial score (nSPS) is 16.0. The molecular weight excluding hydrogens is 330 g/mol. The molecule has 0 aliphatic heterocycles. The van der Waals surface area contributed by atoms with E-state index in [1.807, 2.05) is 20.8 Å². The van der Waals surface area contributed by atoms with E-state index in [1.54, 1.807) is 28.9 Å². The zero-order valence-corrected chi connectivity index (χ0v) is 15.3. The summed E-state index contributed by atoms with van der Waals surface area (Å²) in [5, 5.41) is 3.02. The first-order valence-electron chi connectivity index (χ1n) is 8.65. The fourth-order valence-electron chi connectivity index (χ4n) is 2.73. The molecule has 3 rings (SSSR count). The highest BCUT2D eigenvalue weighted by Gasteiger charge is 2.30. The maximum Gasteiger partial charge on any atom is 0.274 e. The molecule has 1 saturated carbocycles. The summed E-state index contributed by atoms with van der Waals surface area (Å²) < 4.78 is 7.57. The van der Waals surface area contributed by atoms with E-state index in [9.17, 15) is 4.79 Å². The summed E-state index contributed by atoms with van der Waals surface area (Å²) in [7, 11) is 0. The standard InChI is InChI=1S/C19H23N5O2/c1-5-15(8-9-20-4)26-16-10-12(2)24-11-21-17(18(24)23-16)19(25)22-13(3)14-6-7-14/h5,8-11,13-14H,4,6-7H2,1-3H3,(H,22,25)/b9-8-,15-5+/t13-/m0/s1. The number of nitrogens with zero attached hydrogens (tertiary/aromatic N) is 4. The predicted octanol–water partition coefficient (Wildman–Crippen LogP) is 3.06. The highest BCUT2D eigenvalue weighted by molar-refractivity contribution is 5.98. The first-order valence-corrected chi connectivity index (χ1v) is 8.65. The average Bonchev–Trinajstić information content (AvgIpc) is 3.38. The summed E-state index contributed by atoms with van der Waals surface area (Å²) in [5.41, 5.74) is 1.64. The minimum Gasteiger partial charge on any atom is -0.439 e. The maximum atomic E-state index is 12.6. The lowest BCUT2D eigenvalue weighted by Crippen LogP contribution is -2.34. The summed E-state index contributed by atoms with van der Waals surface area (Å²) in [6, 6.07) is 1.94. The Morgan fingerprint density at radius 1 is 1.54 bits per heavy atom. The zero-order valence-electron chi connectivity index (χ0n) is 15.3. The molecule has 7 heteroatoms. The van der Waals surface area contributed by atoms with Crippen LogP contribution in [0.4, 0.5) is 0 Å². The number of aliphatic imine (C=N–C) groups is 1. The minimum absolute atomic E-state index is 0.144. The lowest BCUT2D eigenvalue weighted by atomic mass is 10.2. The van der Waals surface area contributed by atoms with Gasteiger partial charge in [-0.25, -0.2) is 4.98 Å². The number of allylic oxidation sites excluding steroid dienone is 2. The Bertz CT molecular complexity index is 893. The van der Waals surface area contributed by atoms with Crippen molar-refractivity contribution in [3.63, 3.8) is 0 Å². The number of aryl methyl sites for hydroxylation is 1. The van der Waals surface area contributed by atoms with E-state index in [4.69, 9.17) is 4.74 Å². The van der Waals surface area contributed by atoms with Crippen molar-refractivity contribution in [1.82, 2.24) is 19.7 Å². The number of amides is 1. The van der Waals surface area contributed by atoms with Crippen LogP contribution in [-0.4, -0.2) is 33.0 Å². The summed E-state index contributed by atoms with van der Waals surface area (Å²) in [6.45, 7) is 9.19. The van der Waals surface area contributed by atoms with E-state index in [0.29, 0.717) is 28.9 Å². The van der Waals surface area contributed by atoms with Crippen LogP contribution < -0.4 is 10.1 Å². The molecule has 0 unspecified atom stereocenters. The second-order valence-corrected chi connectivity index (χ2v) is 6.41. The van der Waals surface area contributed by atoms with Crippen molar-refractivity contribution in [2.24, 2.45) is 10.9 Å². The number of rotatable bonds is 7. The van der Waals surface area contributed by atoms with Crippen molar-refractivity contribution in [2.45, 2.75) is 39.7 Å². The second-order valence-electron chi connectivity index (χ2n) is 6.41. The number of aromatic nitrogens is 3. The third-order valence-corrected chi connectivity index (χ3v) is 4.42.